The lowest BCUT2D eigenvalue weighted by Gasteiger charge is -2.33. The minimum atomic E-state index is -0.847. The van der Waals surface area contributed by atoms with Gasteiger partial charge in [-0.2, -0.15) is 0 Å². The Morgan fingerprint density at radius 1 is 1.17 bits per heavy atom. The van der Waals surface area contributed by atoms with E-state index in [1.165, 1.54) is 0 Å². The Balaban J connectivity index is 2.17. The van der Waals surface area contributed by atoms with Crippen LogP contribution in [-0.2, 0) is 9.59 Å². The number of rotatable bonds is 0. The third-order valence-corrected chi connectivity index (χ3v) is 3.92. The van der Waals surface area contributed by atoms with E-state index in [0.29, 0.717) is 36.0 Å². The van der Waals surface area contributed by atoms with Crippen LogP contribution in [0.1, 0.15) is 25.7 Å². The van der Waals surface area contributed by atoms with Crippen LogP contribution < -0.4 is 5.73 Å². The van der Waals surface area contributed by atoms with E-state index in [-0.39, 0.29) is 17.1 Å². The van der Waals surface area contributed by atoms with Crippen molar-refractivity contribution in [2.75, 3.05) is 0 Å². The topological polar surface area (TPSA) is 80.4 Å². The first-order valence-electron chi connectivity index (χ1n) is 6.28. The molecule has 3 aliphatic carbocycles. The number of ketones is 2. The molecule has 2 unspecified atom stereocenters. The Morgan fingerprint density at radius 3 is 2.72 bits per heavy atom. The molecule has 0 saturated carbocycles. The fourth-order valence-electron chi connectivity index (χ4n) is 2.99. The minimum Gasteiger partial charge on any atom is -0.388 e. The number of aliphatic hydroxyl groups excluding tert-OH is 1. The largest absolute Gasteiger partial charge is 0.388 e. The summed E-state index contributed by atoms with van der Waals surface area (Å²) in [6, 6.07) is -0.417. The molecule has 4 heteroatoms. The lowest BCUT2D eigenvalue weighted by Crippen LogP contribution is -2.42. The molecule has 0 amide bonds. The first-order chi connectivity index (χ1) is 8.61. The van der Waals surface area contributed by atoms with Gasteiger partial charge in [0.15, 0.2) is 11.6 Å². The second-order valence-electron chi connectivity index (χ2n) is 5.02. The quantitative estimate of drug-likeness (QED) is 0.611. The zero-order chi connectivity index (χ0) is 12.9. The molecule has 0 heterocycles. The highest BCUT2D eigenvalue weighted by molar-refractivity contribution is 6.27. The van der Waals surface area contributed by atoms with E-state index in [4.69, 9.17) is 5.73 Å². The summed E-state index contributed by atoms with van der Waals surface area (Å²) in [5.74, 6) is -0.339. The van der Waals surface area contributed by atoms with Crippen LogP contribution in [0, 0.1) is 0 Å². The number of carbonyl (C=O) groups excluding carboxylic acids is 2. The first kappa shape index (κ1) is 11.6. The second kappa shape index (κ2) is 4.00. The van der Waals surface area contributed by atoms with Gasteiger partial charge in [0.1, 0.15) is 0 Å². The number of aliphatic hydroxyl groups is 1. The van der Waals surface area contributed by atoms with Crippen molar-refractivity contribution in [2.45, 2.75) is 37.8 Å². The van der Waals surface area contributed by atoms with Gasteiger partial charge in [0, 0.05) is 28.3 Å². The fraction of sp³-hybridized carbons (Fsp3) is 0.429. The van der Waals surface area contributed by atoms with E-state index in [1.54, 1.807) is 6.08 Å². The van der Waals surface area contributed by atoms with Crippen LogP contribution in [0.3, 0.4) is 0 Å². The molecular weight excluding hydrogens is 230 g/mol. The number of hydrogen-bond acceptors (Lipinski definition) is 4. The van der Waals surface area contributed by atoms with Gasteiger partial charge >= 0.3 is 0 Å². The number of Topliss-reactive ketones (excluding diaryl/α,β-unsaturated/α-hetero) is 2. The summed E-state index contributed by atoms with van der Waals surface area (Å²) >= 11 is 0. The standard InChI is InChI=1S/C14H15NO3/c15-9-5-6-10(16)12-11(9)13(17)7-3-1-2-4-8(7)14(12)18/h2,4,9-10,16H,1,3,5-6,15H2. The maximum atomic E-state index is 12.4. The van der Waals surface area contributed by atoms with Crippen molar-refractivity contribution >= 4 is 11.6 Å². The summed E-state index contributed by atoms with van der Waals surface area (Å²) in [4.78, 5) is 24.8. The van der Waals surface area contributed by atoms with Gasteiger partial charge in [-0.1, -0.05) is 12.2 Å². The number of nitrogens with two attached hydrogens (primary N) is 1. The lowest BCUT2D eigenvalue weighted by atomic mass is 9.72. The molecule has 0 bridgehead atoms. The third-order valence-electron chi connectivity index (χ3n) is 3.92. The molecule has 3 N–H and O–H groups in total. The van der Waals surface area contributed by atoms with E-state index < -0.39 is 12.1 Å². The zero-order valence-corrected chi connectivity index (χ0v) is 9.98. The van der Waals surface area contributed by atoms with E-state index in [0.717, 1.165) is 6.42 Å². The van der Waals surface area contributed by atoms with E-state index in [2.05, 4.69) is 0 Å². The summed E-state index contributed by atoms with van der Waals surface area (Å²) in [7, 11) is 0. The Kier molecular flexibility index (Phi) is 2.57. The predicted molar refractivity (Wildman–Crippen MR) is 65.7 cm³/mol. The van der Waals surface area contributed by atoms with Gasteiger partial charge in [-0.15, -0.1) is 0 Å². The van der Waals surface area contributed by atoms with Crippen molar-refractivity contribution in [3.63, 3.8) is 0 Å². The Bertz CT molecular complexity index is 539. The molecule has 2 atom stereocenters. The summed E-state index contributed by atoms with van der Waals surface area (Å²) in [6.07, 6.45) is 5.12. The van der Waals surface area contributed by atoms with Gasteiger partial charge in [0.25, 0.3) is 0 Å². The maximum Gasteiger partial charge on any atom is 0.192 e. The van der Waals surface area contributed by atoms with Crippen molar-refractivity contribution in [3.05, 3.63) is 34.4 Å². The Morgan fingerprint density at radius 2 is 1.94 bits per heavy atom. The molecule has 0 fully saturated rings. The van der Waals surface area contributed by atoms with E-state index in [9.17, 15) is 14.7 Å². The van der Waals surface area contributed by atoms with Crippen LogP contribution in [-0.4, -0.2) is 28.8 Å². The third kappa shape index (κ3) is 1.46. The van der Waals surface area contributed by atoms with Gasteiger partial charge in [-0.3, -0.25) is 9.59 Å². The van der Waals surface area contributed by atoms with Crippen LogP contribution in [0.2, 0.25) is 0 Å². The second-order valence-corrected chi connectivity index (χ2v) is 5.02. The van der Waals surface area contributed by atoms with E-state index >= 15 is 0 Å². The number of hydrogen-bond donors (Lipinski definition) is 2. The SMILES string of the molecule is NC1CCC(O)C2=C1C(=O)C1=C(C=CCC1)C2=O. The normalized spacial score (nSPS) is 31.7. The molecule has 4 nitrogen and oxygen atoms in total. The molecule has 18 heavy (non-hydrogen) atoms. The Labute approximate surface area is 105 Å². The Hall–Kier alpha value is -1.52. The summed E-state index contributed by atoms with van der Waals surface area (Å²) in [5.41, 5.74) is 7.57. The summed E-state index contributed by atoms with van der Waals surface area (Å²) in [5, 5.41) is 9.97. The first-order valence-corrected chi connectivity index (χ1v) is 6.28. The number of carbonyl (C=O) groups is 2. The van der Waals surface area contributed by atoms with Gasteiger partial charge in [-0.25, -0.2) is 0 Å². The van der Waals surface area contributed by atoms with Gasteiger partial charge in [-0.05, 0) is 25.7 Å². The summed E-state index contributed by atoms with van der Waals surface area (Å²) < 4.78 is 0. The van der Waals surface area contributed by atoms with Gasteiger partial charge < -0.3 is 10.8 Å². The zero-order valence-electron chi connectivity index (χ0n) is 9.98. The maximum absolute atomic E-state index is 12.4. The molecule has 3 rings (SSSR count). The highest BCUT2D eigenvalue weighted by atomic mass is 16.3. The van der Waals surface area contributed by atoms with Crippen LogP contribution in [0.25, 0.3) is 0 Å². The number of allylic oxidation sites excluding steroid dienone is 4. The van der Waals surface area contributed by atoms with Gasteiger partial charge in [0.2, 0.25) is 0 Å². The minimum absolute atomic E-state index is 0.129. The van der Waals surface area contributed by atoms with Crippen LogP contribution in [0.5, 0.6) is 0 Å². The van der Waals surface area contributed by atoms with E-state index in [1.807, 2.05) is 6.08 Å². The van der Waals surface area contributed by atoms with Crippen molar-refractivity contribution in [1.29, 1.82) is 0 Å². The highest BCUT2D eigenvalue weighted by Gasteiger charge is 2.41. The molecule has 94 valence electrons. The molecule has 0 spiro atoms. The van der Waals surface area contributed by atoms with Crippen molar-refractivity contribution < 1.29 is 14.7 Å². The molecule has 3 aliphatic rings. The molecule has 0 radical (unpaired) electrons. The van der Waals surface area contributed by atoms with Crippen LogP contribution in [0.4, 0.5) is 0 Å². The molecular formula is C14H15NO3. The highest BCUT2D eigenvalue weighted by Crippen LogP contribution is 2.37. The predicted octanol–water partition coefficient (Wildman–Crippen LogP) is 0.563. The molecule has 0 aliphatic heterocycles. The van der Waals surface area contributed by atoms with Gasteiger partial charge in [0.05, 0.1) is 6.10 Å². The summed E-state index contributed by atoms with van der Waals surface area (Å²) in [6.45, 7) is 0. The molecule has 0 aromatic carbocycles. The average molecular weight is 245 g/mol. The van der Waals surface area contributed by atoms with Crippen LogP contribution >= 0.6 is 0 Å². The molecule has 0 saturated heterocycles. The molecule has 0 aromatic heterocycles. The lowest BCUT2D eigenvalue weighted by molar-refractivity contribution is -0.117. The fourth-order valence-corrected chi connectivity index (χ4v) is 2.99. The van der Waals surface area contributed by atoms with Crippen molar-refractivity contribution in [3.8, 4) is 0 Å². The monoisotopic (exact) mass is 245 g/mol. The average Bonchev–Trinajstić information content (AvgIpc) is 2.38. The smallest absolute Gasteiger partial charge is 0.192 e. The van der Waals surface area contributed by atoms with Crippen molar-refractivity contribution in [1.82, 2.24) is 0 Å². The van der Waals surface area contributed by atoms with Crippen LogP contribution in [0.15, 0.2) is 34.4 Å². The van der Waals surface area contributed by atoms with Crippen molar-refractivity contribution in [2.24, 2.45) is 5.73 Å². The molecule has 0 aromatic rings.